The molecule has 0 aliphatic carbocycles. The SMILES string of the molecule is Cc1ccoc1C(Cc1cn(C)nn1)NN. The molecule has 0 radical (unpaired) electrons. The van der Waals surface area contributed by atoms with Gasteiger partial charge in [0.25, 0.3) is 0 Å². The minimum absolute atomic E-state index is 0.0771. The maximum atomic E-state index is 5.52. The Bertz CT molecular complexity index is 461. The Labute approximate surface area is 93.4 Å². The smallest absolute Gasteiger partial charge is 0.125 e. The van der Waals surface area contributed by atoms with Crippen molar-refractivity contribution in [2.45, 2.75) is 19.4 Å². The van der Waals surface area contributed by atoms with E-state index in [4.69, 9.17) is 10.3 Å². The summed E-state index contributed by atoms with van der Waals surface area (Å²) < 4.78 is 7.06. The van der Waals surface area contributed by atoms with E-state index in [1.165, 1.54) is 0 Å². The lowest BCUT2D eigenvalue weighted by Gasteiger charge is -2.12. The van der Waals surface area contributed by atoms with Crippen molar-refractivity contribution < 1.29 is 4.42 Å². The van der Waals surface area contributed by atoms with Crippen LogP contribution >= 0.6 is 0 Å². The summed E-state index contributed by atoms with van der Waals surface area (Å²) in [4.78, 5) is 0. The molecular weight excluding hydrogens is 206 g/mol. The average molecular weight is 221 g/mol. The predicted octanol–water partition coefficient (Wildman–Crippen LogP) is 0.464. The summed E-state index contributed by atoms with van der Waals surface area (Å²) in [7, 11) is 1.83. The topological polar surface area (TPSA) is 81.9 Å². The van der Waals surface area contributed by atoms with Gasteiger partial charge in [0.05, 0.1) is 18.0 Å². The van der Waals surface area contributed by atoms with Crippen LogP contribution in [0, 0.1) is 6.92 Å². The summed E-state index contributed by atoms with van der Waals surface area (Å²) in [6.45, 7) is 1.99. The third-order valence-electron chi connectivity index (χ3n) is 2.48. The van der Waals surface area contributed by atoms with Crippen molar-refractivity contribution in [2.24, 2.45) is 12.9 Å². The summed E-state index contributed by atoms with van der Waals surface area (Å²) in [5.41, 5.74) is 4.68. The van der Waals surface area contributed by atoms with E-state index in [0.29, 0.717) is 6.42 Å². The first-order valence-electron chi connectivity index (χ1n) is 5.06. The number of furan rings is 1. The van der Waals surface area contributed by atoms with Crippen molar-refractivity contribution in [3.8, 4) is 0 Å². The van der Waals surface area contributed by atoms with Crippen LogP contribution in [0.2, 0.25) is 0 Å². The zero-order valence-electron chi connectivity index (χ0n) is 9.34. The van der Waals surface area contributed by atoms with Crippen LogP contribution in [-0.4, -0.2) is 15.0 Å². The predicted molar refractivity (Wildman–Crippen MR) is 58.2 cm³/mol. The van der Waals surface area contributed by atoms with E-state index in [0.717, 1.165) is 17.0 Å². The minimum Gasteiger partial charge on any atom is -0.467 e. The monoisotopic (exact) mass is 221 g/mol. The highest BCUT2D eigenvalue weighted by molar-refractivity contribution is 5.19. The van der Waals surface area contributed by atoms with Crippen molar-refractivity contribution >= 4 is 0 Å². The summed E-state index contributed by atoms with van der Waals surface area (Å²) in [5.74, 6) is 6.36. The number of aryl methyl sites for hydroxylation is 2. The normalized spacial score (nSPS) is 12.9. The Morgan fingerprint density at radius 3 is 2.94 bits per heavy atom. The second-order valence-corrected chi connectivity index (χ2v) is 3.77. The van der Waals surface area contributed by atoms with Crippen molar-refractivity contribution in [3.63, 3.8) is 0 Å². The zero-order valence-corrected chi connectivity index (χ0v) is 9.34. The van der Waals surface area contributed by atoms with Crippen molar-refractivity contribution in [1.82, 2.24) is 20.4 Å². The number of hydrogen-bond acceptors (Lipinski definition) is 5. The first-order chi connectivity index (χ1) is 7.70. The lowest BCUT2D eigenvalue weighted by molar-refractivity contribution is 0.411. The lowest BCUT2D eigenvalue weighted by atomic mass is 10.1. The number of nitrogens with one attached hydrogen (secondary N) is 1. The molecule has 0 aliphatic heterocycles. The van der Waals surface area contributed by atoms with Gasteiger partial charge < -0.3 is 4.42 Å². The molecule has 2 rings (SSSR count). The molecule has 6 heteroatoms. The van der Waals surface area contributed by atoms with E-state index < -0.39 is 0 Å². The summed E-state index contributed by atoms with van der Waals surface area (Å²) in [6.07, 6.45) is 4.17. The van der Waals surface area contributed by atoms with Crippen LogP contribution in [0.25, 0.3) is 0 Å². The molecule has 0 saturated carbocycles. The highest BCUT2D eigenvalue weighted by Gasteiger charge is 2.17. The Balaban J connectivity index is 2.15. The fourth-order valence-corrected chi connectivity index (χ4v) is 1.67. The molecule has 2 aromatic rings. The van der Waals surface area contributed by atoms with Gasteiger partial charge in [-0.2, -0.15) is 0 Å². The molecule has 2 heterocycles. The summed E-state index contributed by atoms with van der Waals surface area (Å²) >= 11 is 0. The van der Waals surface area contributed by atoms with Gasteiger partial charge in [-0.1, -0.05) is 5.21 Å². The van der Waals surface area contributed by atoms with Gasteiger partial charge >= 0.3 is 0 Å². The van der Waals surface area contributed by atoms with Gasteiger partial charge in [-0.25, -0.2) is 5.43 Å². The maximum absolute atomic E-state index is 5.52. The Morgan fingerprint density at radius 2 is 2.44 bits per heavy atom. The minimum atomic E-state index is -0.0771. The fourth-order valence-electron chi connectivity index (χ4n) is 1.67. The van der Waals surface area contributed by atoms with Crippen LogP contribution in [0.5, 0.6) is 0 Å². The van der Waals surface area contributed by atoms with Gasteiger partial charge in [0.2, 0.25) is 0 Å². The number of nitrogens with two attached hydrogens (primary N) is 1. The standard InChI is InChI=1S/C10H15N5O/c1-7-3-4-16-10(7)9(12-11)5-8-6-15(2)14-13-8/h3-4,6,9,12H,5,11H2,1-2H3. The maximum Gasteiger partial charge on any atom is 0.125 e. The summed E-state index contributed by atoms with van der Waals surface area (Å²) in [6, 6.07) is 1.84. The van der Waals surface area contributed by atoms with Gasteiger partial charge in [-0.15, -0.1) is 5.10 Å². The van der Waals surface area contributed by atoms with E-state index in [-0.39, 0.29) is 6.04 Å². The molecule has 86 valence electrons. The van der Waals surface area contributed by atoms with Crippen LogP contribution in [0.15, 0.2) is 22.9 Å². The van der Waals surface area contributed by atoms with Crippen molar-refractivity contribution in [1.29, 1.82) is 0 Å². The molecule has 0 aromatic carbocycles. The lowest BCUT2D eigenvalue weighted by Crippen LogP contribution is -2.29. The Kier molecular flexibility index (Phi) is 3.02. The van der Waals surface area contributed by atoms with Crippen LogP contribution < -0.4 is 11.3 Å². The van der Waals surface area contributed by atoms with E-state index in [1.54, 1.807) is 10.9 Å². The van der Waals surface area contributed by atoms with E-state index >= 15 is 0 Å². The van der Waals surface area contributed by atoms with Gasteiger partial charge in [-0.3, -0.25) is 10.5 Å². The molecular formula is C10H15N5O. The van der Waals surface area contributed by atoms with Crippen LogP contribution in [0.1, 0.15) is 23.1 Å². The van der Waals surface area contributed by atoms with E-state index in [1.807, 2.05) is 26.2 Å². The number of hydrazine groups is 1. The number of rotatable bonds is 4. The zero-order chi connectivity index (χ0) is 11.5. The molecule has 1 unspecified atom stereocenters. The molecule has 0 spiro atoms. The number of nitrogens with zero attached hydrogens (tertiary/aromatic N) is 3. The van der Waals surface area contributed by atoms with Gasteiger partial charge in [0.1, 0.15) is 5.76 Å². The molecule has 16 heavy (non-hydrogen) atoms. The fraction of sp³-hybridized carbons (Fsp3) is 0.400. The Morgan fingerprint density at radius 1 is 1.62 bits per heavy atom. The quantitative estimate of drug-likeness (QED) is 0.579. The molecule has 3 N–H and O–H groups in total. The molecule has 6 nitrogen and oxygen atoms in total. The molecule has 0 saturated heterocycles. The largest absolute Gasteiger partial charge is 0.467 e. The molecule has 0 fully saturated rings. The second kappa shape index (κ2) is 4.46. The number of aromatic nitrogens is 3. The molecule has 0 bridgehead atoms. The molecule has 1 atom stereocenters. The van der Waals surface area contributed by atoms with E-state index in [9.17, 15) is 0 Å². The van der Waals surface area contributed by atoms with Gasteiger partial charge in [-0.05, 0) is 18.6 Å². The van der Waals surface area contributed by atoms with Crippen LogP contribution in [0.4, 0.5) is 0 Å². The van der Waals surface area contributed by atoms with Gasteiger partial charge in [0.15, 0.2) is 0 Å². The molecule has 0 amide bonds. The summed E-state index contributed by atoms with van der Waals surface area (Å²) in [5, 5.41) is 7.89. The van der Waals surface area contributed by atoms with Gasteiger partial charge in [0, 0.05) is 19.7 Å². The third-order valence-corrected chi connectivity index (χ3v) is 2.48. The first kappa shape index (κ1) is 10.8. The third kappa shape index (κ3) is 2.12. The first-order valence-corrected chi connectivity index (χ1v) is 5.06. The van der Waals surface area contributed by atoms with Crippen LogP contribution in [-0.2, 0) is 13.5 Å². The average Bonchev–Trinajstić information content (AvgIpc) is 2.84. The number of hydrogen-bond donors (Lipinski definition) is 2. The van der Waals surface area contributed by atoms with Crippen molar-refractivity contribution in [3.05, 3.63) is 35.5 Å². The highest BCUT2D eigenvalue weighted by Crippen LogP contribution is 2.20. The molecule has 2 aromatic heterocycles. The second-order valence-electron chi connectivity index (χ2n) is 3.77. The van der Waals surface area contributed by atoms with Crippen molar-refractivity contribution in [2.75, 3.05) is 0 Å². The van der Waals surface area contributed by atoms with E-state index in [2.05, 4.69) is 15.7 Å². The van der Waals surface area contributed by atoms with Crippen LogP contribution in [0.3, 0.4) is 0 Å². The Hall–Kier alpha value is -1.66. The highest BCUT2D eigenvalue weighted by atomic mass is 16.3. The molecule has 0 aliphatic rings.